The van der Waals surface area contributed by atoms with Crippen molar-refractivity contribution in [2.45, 2.75) is 19.9 Å². The van der Waals surface area contributed by atoms with Gasteiger partial charge in [-0.05, 0) is 43.5 Å². The van der Waals surface area contributed by atoms with Crippen LogP contribution in [0.5, 0.6) is 0 Å². The monoisotopic (exact) mass is 337 g/mol. The maximum Gasteiger partial charge on any atom is 0.191 e. The number of para-hydroxylation sites is 1. The lowest BCUT2D eigenvalue weighted by Gasteiger charge is -2.19. The van der Waals surface area contributed by atoms with E-state index < -0.39 is 0 Å². The predicted molar refractivity (Wildman–Crippen MR) is 104 cm³/mol. The number of aliphatic imine (C=N–C) groups is 1. The molecule has 0 aliphatic carbocycles. The summed E-state index contributed by atoms with van der Waals surface area (Å²) in [5.74, 6) is 1.50. The molecule has 1 unspecified atom stereocenters. The highest BCUT2D eigenvalue weighted by Crippen LogP contribution is 2.22. The lowest BCUT2D eigenvalue weighted by Crippen LogP contribution is -2.40. The Kier molecular flexibility index (Phi) is 6.26. The molecule has 0 bridgehead atoms. The third kappa shape index (κ3) is 5.21. The fraction of sp³-hybridized carbons (Fsp3) is 0.400. The van der Waals surface area contributed by atoms with Crippen molar-refractivity contribution < 1.29 is 0 Å². The normalized spacial score (nSPS) is 17.6. The molecule has 25 heavy (non-hydrogen) atoms. The quantitative estimate of drug-likeness (QED) is 0.628. The number of benzene rings is 1. The summed E-state index contributed by atoms with van der Waals surface area (Å²) in [7, 11) is 0. The van der Waals surface area contributed by atoms with Gasteiger partial charge in [0.15, 0.2) is 5.96 Å². The first-order valence-corrected chi connectivity index (χ1v) is 9.07. The Hall–Kier alpha value is -2.56. The highest BCUT2D eigenvalue weighted by atomic mass is 15.2. The van der Waals surface area contributed by atoms with Crippen molar-refractivity contribution in [2.24, 2.45) is 10.9 Å². The van der Waals surface area contributed by atoms with E-state index in [1.165, 1.54) is 12.1 Å². The molecule has 132 valence electrons. The van der Waals surface area contributed by atoms with Crippen molar-refractivity contribution in [2.75, 3.05) is 31.1 Å². The molecule has 0 radical (unpaired) electrons. The van der Waals surface area contributed by atoms with E-state index in [1.807, 2.05) is 24.4 Å². The van der Waals surface area contributed by atoms with Crippen LogP contribution in [0, 0.1) is 5.92 Å². The number of hydrogen-bond acceptors (Lipinski definition) is 3. The topological polar surface area (TPSA) is 52.6 Å². The number of rotatable bonds is 6. The first kappa shape index (κ1) is 17.3. The molecular weight excluding hydrogens is 310 g/mol. The maximum atomic E-state index is 4.64. The Morgan fingerprint density at radius 2 is 2.00 bits per heavy atom. The van der Waals surface area contributed by atoms with E-state index in [2.05, 4.69) is 62.8 Å². The molecule has 1 aliphatic rings. The lowest BCUT2D eigenvalue weighted by atomic mass is 10.1. The number of nitrogens with zero attached hydrogens (tertiary/aromatic N) is 3. The zero-order chi connectivity index (χ0) is 17.3. The van der Waals surface area contributed by atoms with E-state index in [1.54, 1.807) is 0 Å². The number of guanidine groups is 1. The van der Waals surface area contributed by atoms with E-state index in [0.29, 0.717) is 12.5 Å². The minimum Gasteiger partial charge on any atom is -0.371 e. The Balaban J connectivity index is 1.50. The summed E-state index contributed by atoms with van der Waals surface area (Å²) in [5.41, 5.74) is 2.30. The molecule has 0 spiro atoms. The molecule has 1 aliphatic heterocycles. The Bertz CT molecular complexity index is 656. The standard InChI is InChI=1S/C20H27N5/c1-2-21-20(24-15-18-8-6-7-12-22-18)23-14-17-11-13-25(16-17)19-9-4-3-5-10-19/h3-10,12,17H,2,11,13-16H2,1H3,(H2,21,23,24). The van der Waals surface area contributed by atoms with Crippen molar-refractivity contribution in [3.05, 3.63) is 60.4 Å². The fourth-order valence-electron chi connectivity index (χ4n) is 3.11. The Labute approximate surface area is 150 Å². The SMILES string of the molecule is CCNC(=NCc1ccccn1)NCC1CCN(c2ccccc2)C1. The van der Waals surface area contributed by atoms with Crippen LogP contribution in [-0.4, -0.2) is 37.1 Å². The number of nitrogens with one attached hydrogen (secondary N) is 2. The maximum absolute atomic E-state index is 4.64. The van der Waals surface area contributed by atoms with Gasteiger partial charge in [-0.1, -0.05) is 24.3 Å². The Morgan fingerprint density at radius 1 is 1.16 bits per heavy atom. The van der Waals surface area contributed by atoms with Gasteiger partial charge in [0.25, 0.3) is 0 Å². The van der Waals surface area contributed by atoms with Crippen molar-refractivity contribution in [3.63, 3.8) is 0 Å². The van der Waals surface area contributed by atoms with E-state index in [9.17, 15) is 0 Å². The first-order chi connectivity index (χ1) is 12.3. The smallest absolute Gasteiger partial charge is 0.191 e. The second kappa shape index (κ2) is 9.06. The van der Waals surface area contributed by atoms with Gasteiger partial charge in [0, 0.05) is 38.1 Å². The van der Waals surface area contributed by atoms with Gasteiger partial charge in [0.2, 0.25) is 0 Å². The summed E-state index contributed by atoms with van der Waals surface area (Å²) >= 11 is 0. The molecule has 5 heteroatoms. The summed E-state index contributed by atoms with van der Waals surface area (Å²) in [6.07, 6.45) is 3.02. The lowest BCUT2D eigenvalue weighted by molar-refractivity contribution is 0.565. The van der Waals surface area contributed by atoms with Crippen LogP contribution in [0.3, 0.4) is 0 Å². The van der Waals surface area contributed by atoms with Gasteiger partial charge in [-0.25, -0.2) is 4.99 Å². The van der Waals surface area contributed by atoms with Gasteiger partial charge in [-0.15, -0.1) is 0 Å². The summed E-state index contributed by atoms with van der Waals surface area (Å²) in [4.78, 5) is 11.4. The highest BCUT2D eigenvalue weighted by Gasteiger charge is 2.22. The van der Waals surface area contributed by atoms with Crippen LogP contribution in [0.1, 0.15) is 19.0 Å². The van der Waals surface area contributed by atoms with Crippen LogP contribution in [0.15, 0.2) is 59.7 Å². The van der Waals surface area contributed by atoms with Gasteiger partial charge >= 0.3 is 0 Å². The Morgan fingerprint density at radius 3 is 2.76 bits per heavy atom. The average Bonchev–Trinajstić information content (AvgIpc) is 3.15. The molecule has 0 amide bonds. The second-order valence-electron chi connectivity index (χ2n) is 6.33. The van der Waals surface area contributed by atoms with Gasteiger partial charge in [0.05, 0.1) is 12.2 Å². The van der Waals surface area contributed by atoms with Gasteiger partial charge in [0.1, 0.15) is 0 Å². The molecule has 2 heterocycles. The van der Waals surface area contributed by atoms with Crippen LogP contribution in [0.4, 0.5) is 5.69 Å². The molecule has 2 aromatic rings. The molecule has 2 N–H and O–H groups in total. The van der Waals surface area contributed by atoms with Gasteiger partial charge in [-0.3, -0.25) is 4.98 Å². The first-order valence-electron chi connectivity index (χ1n) is 9.07. The van der Waals surface area contributed by atoms with Crippen molar-refractivity contribution in [3.8, 4) is 0 Å². The van der Waals surface area contributed by atoms with Crippen LogP contribution in [0.2, 0.25) is 0 Å². The zero-order valence-electron chi connectivity index (χ0n) is 14.9. The van der Waals surface area contributed by atoms with E-state index in [4.69, 9.17) is 0 Å². The molecule has 1 atom stereocenters. The zero-order valence-corrected chi connectivity index (χ0v) is 14.9. The molecular formula is C20H27N5. The predicted octanol–water partition coefficient (Wildman–Crippen LogP) is 2.66. The van der Waals surface area contributed by atoms with Crippen LogP contribution in [0.25, 0.3) is 0 Å². The van der Waals surface area contributed by atoms with Gasteiger partial charge in [-0.2, -0.15) is 0 Å². The molecule has 1 saturated heterocycles. The third-order valence-corrected chi connectivity index (χ3v) is 4.43. The molecule has 1 aromatic carbocycles. The minimum atomic E-state index is 0.594. The minimum absolute atomic E-state index is 0.594. The second-order valence-corrected chi connectivity index (χ2v) is 6.33. The third-order valence-electron chi connectivity index (χ3n) is 4.43. The van der Waals surface area contributed by atoms with Crippen molar-refractivity contribution in [1.82, 2.24) is 15.6 Å². The van der Waals surface area contributed by atoms with Crippen molar-refractivity contribution >= 4 is 11.6 Å². The summed E-state index contributed by atoms with van der Waals surface area (Å²) in [6, 6.07) is 16.6. The van der Waals surface area contributed by atoms with Crippen molar-refractivity contribution in [1.29, 1.82) is 0 Å². The molecule has 5 nitrogen and oxygen atoms in total. The van der Waals surface area contributed by atoms with E-state index in [0.717, 1.165) is 37.8 Å². The number of anilines is 1. The molecule has 1 fully saturated rings. The largest absolute Gasteiger partial charge is 0.371 e. The highest BCUT2D eigenvalue weighted by molar-refractivity contribution is 5.79. The average molecular weight is 337 g/mol. The summed E-state index contributed by atoms with van der Waals surface area (Å²) < 4.78 is 0. The number of aromatic nitrogens is 1. The fourth-order valence-corrected chi connectivity index (χ4v) is 3.11. The molecule has 0 saturated carbocycles. The van der Waals surface area contributed by atoms with Crippen LogP contribution in [-0.2, 0) is 6.54 Å². The van der Waals surface area contributed by atoms with E-state index in [-0.39, 0.29) is 0 Å². The van der Waals surface area contributed by atoms with E-state index >= 15 is 0 Å². The summed E-state index contributed by atoms with van der Waals surface area (Å²) in [5, 5.41) is 6.81. The summed E-state index contributed by atoms with van der Waals surface area (Å²) in [6.45, 7) is 6.70. The number of hydrogen-bond donors (Lipinski definition) is 2. The molecule has 3 rings (SSSR count). The number of pyridine rings is 1. The van der Waals surface area contributed by atoms with Crippen LogP contribution >= 0.6 is 0 Å². The molecule has 1 aromatic heterocycles. The van der Waals surface area contributed by atoms with Crippen LogP contribution < -0.4 is 15.5 Å². The van der Waals surface area contributed by atoms with Gasteiger partial charge < -0.3 is 15.5 Å².